The molecule has 2 fully saturated rings. The van der Waals surface area contributed by atoms with Gasteiger partial charge >= 0.3 is 6.09 Å². The molecule has 2 aliphatic rings. The highest BCUT2D eigenvalue weighted by molar-refractivity contribution is 6.35. The Labute approximate surface area is 250 Å². The van der Waals surface area contributed by atoms with Gasteiger partial charge < -0.3 is 24.2 Å². The summed E-state index contributed by atoms with van der Waals surface area (Å²) in [4.78, 5) is 36.5. The Hall–Kier alpha value is -3.01. The summed E-state index contributed by atoms with van der Waals surface area (Å²) in [5.74, 6) is -0.130. The van der Waals surface area contributed by atoms with Crippen molar-refractivity contribution >= 4 is 51.9 Å². The van der Waals surface area contributed by atoms with Crippen LogP contribution in [0.15, 0.2) is 42.7 Å². The molecule has 11 heteroatoms. The maximum Gasteiger partial charge on any atom is 0.410 e. The number of halogens is 2. The maximum absolute atomic E-state index is 13.7. The standard InChI is InChI=1S/C30H37Cl2N5O4/c1-19(23-9-7-20(31)14-24(23)32)37-18-33-25-10-8-21(15-27(25)37)34-12-13-35(22(16-34)17-38)28(39)26-6-5-11-36(26)29(40)41-30(2,3)4/h7-10,14-15,18-19,22,26,38H,5-6,11-13,16-17H2,1-4H3/t19-,22+,26-/m1/s1. The average molecular weight is 603 g/mol. The molecule has 2 saturated heterocycles. The quantitative estimate of drug-likeness (QED) is 0.423. The molecular formula is C30H37Cl2N5O4. The number of aliphatic hydroxyl groups is 1. The third kappa shape index (κ3) is 6.12. The molecule has 0 spiro atoms. The third-order valence-electron chi connectivity index (χ3n) is 7.90. The number of amides is 2. The van der Waals surface area contributed by atoms with Crippen molar-refractivity contribution < 1.29 is 19.4 Å². The predicted octanol–water partition coefficient (Wildman–Crippen LogP) is 5.36. The molecular weight excluding hydrogens is 565 g/mol. The number of carbonyl (C=O) groups excluding carboxylic acids is 2. The van der Waals surface area contributed by atoms with Gasteiger partial charge in [-0.15, -0.1) is 0 Å². The van der Waals surface area contributed by atoms with Gasteiger partial charge in [-0.05, 0) is 76.4 Å². The molecule has 3 heterocycles. The van der Waals surface area contributed by atoms with Gasteiger partial charge in [-0.25, -0.2) is 9.78 Å². The van der Waals surface area contributed by atoms with Crippen molar-refractivity contribution in [1.29, 1.82) is 0 Å². The number of benzene rings is 2. The Balaban J connectivity index is 1.33. The third-order valence-corrected chi connectivity index (χ3v) is 8.46. The maximum atomic E-state index is 13.7. The zero-order valence-corrected chi connectivity index (χ0v) is 25.4. The lowest BCUT2D eigenvalue weighted by atomic mass is 10.1. The van der Waals surface area contributed by atoms with Crippen molar-refractivity contribution in [2.24, 2.45) is 0 Å². The van der Waals surface area contributed by atoms with E-state index in [4.69, 9.17) is 27.9 Å². The zero-order valence-electron chi connectivity index (χ0n) is 23.9. The summed E-state index contributed by atoms with van der Waals surface area (Å²) in [5.41, 5.74) is 3.11. The summed E-state index contributed by atoms with van der Waals surface area (Å²) in [5, 5.41) is 11.5. The van der Waals surface area contributed by atoms with Gasteiger partial charge in [0.2, 0.25) is 5.91 Å². The van der Waals surface area contributed by atoms with E-state index in [2.05, 4.69) is 27.4 Å². The van der Waals surface area contributed by atoms with Crippen molar-refractivity contribution in [1.82, 2.24) is 19.4 Å². The first-order chi connectivity index (χ1) is 19.5. The van der Waals surface area contributed by atoms with Crippen LogP contribution in [-0.4, -0.2) is 86.9 Å². The summed E-state index contributed by atoms with van der Waals surface area (Å²) in [6, 6.07) is 10.6. The Morgan fingerprint density at radius 1 is 1.10 bits per heavy atom. The number of hydrogen-bond donors (Lipinski definition) is 1. The van der Waals surface area contributed by atoms with Crippen molar-refractivity contribution in [2.45, 2.75) is 64.3 Å². The highest BCUT2D eigenvalue weighted by Gasteiger charge is 2.41. The first-order valence-electron chi connectivity index (χ1n) is 14.0. The van der Waals surface area contributed by atoms with Crippen LogP contribution in [0.2, 0.25) is 10.0 Å². The van der Waals surface area contributed by atoms with Crippen LogP contribution in [-0.2, 0) is 9.53 Å². The Morgan fingerprint density at radius 2 is 1.88 bits per heavy atom. The van der Waals surface area contributed by atoms with E-state index >= 15 is 0 Å². The number of carbonyl (C=O) groups is 2. The molecule has 3 aromatic rings. The molecule has 9 nitrogen and oxygen atoms in total. The second-order valence-corrected chi connectivity index (χ2v) is 12.7. The van der Waals surface area contributed by atoms with E-state index in [1.807, 2.05) is 51.4 Å². The zero-order chi connectivity index (χ0) is 29.5. The molecule has 1 aromatic heterocycles. The van der Waals surface area contributed by atoms with Crippen molar-refractivity contribution in [3.05, 3.63) is 58.3 Å². The van der Waals surface area contributed by atoms with Crippen LogP contribution in [0.1, 0.15) is 52.1 Å². The number of rotatable bonds is 5. The molecule has 0 bridgehead atoms. The molecule has 2 aromatic carbocycles. The second kappa shape index (κ2) is 11.7. The number of nitrogens with zero attached hydrogens (tertiary/aromatic N) is 5. The average Bonchev–Trinajstić information content (AvgIpc) is 3.58. The molecule has 41 heavy (non-hydrogen) atoms. The molecule has 5 rings (SSSR count). The summed E-state index contributed by atoms with van der Waals surface area (Å²) < 4.78 is 7.64. The van der Waals surface area contributed by atoms with Gasteiger partial charge in [0.15, 0.2) is 0 Å². The van der Waals surface area contributed by atoms with E-state index in [1.54, 1.807) is 11.0 Å². The first kappa shape index (κ1) is 29.5. The van der Waals surface area contributed by atoms with Crippen LogP contribution in [0.4, 0.5) is 10.5 Å². The smallest absolute Gasteiger partial charge is 0.410 e. The van der Waals surface area contributed by atoms with Gasteiger partial charge in [-0.2, -0.15) is 0 Å². The lowest BCUT2D eigenvalue weighted by molar-refractivity contribution is -0.139. The predicted molar refractivity (Wildman–Crippen MR) is 161 cm³/mol. The molecule has 1 N–H and O–H groups in total. The fraction of sp³-hybridized carbons (Fsp3) is 0.500. The number of anilines is 1. The lowest BCUT2D eigenvalue weighted by Crippen LogP contribution is -2.60. The summed E-state index contributed by atoms with van der Waals surface area (Å²) in [6.45, 7) is 9.34. The number of hydrogen-bond acceptors (Lipinski definition) is 6. The minimum atomic E-state index is -0.637. The largest absolute Gasteiger partial charge is 0.444 e. The number of ether oxygens (including phenoxy) is 1. The number of likely N-dealkylation sites (tertiary alicyclic amines) is 1. The SMILES string of the molecule is C[C@H](c1ccc(Cl)cc1Cl)n1cnc2ccc(N3CCN(C(=O)[C@H]4CCCN4C(=O)OC(C)(C)C)[C@H](CO)C3)cc21. The van der Waals surface area contributed by atoms with Gasteiger partial charge in [0, 0.05) is 41.9 Å². The number of imidazole rings is 1. The Kier molecular flexibility index (Phi) is 8.41. The van der Waals surface area contributed by atoms with E-state index in [-0.39, 0.29) is 18.6 Å². The number of aromatic nitrogens is 2. The monoisotopic (exact) mass is 601 g/mol. The molecule has 0 unspecified atom stereocenters. The van der Waals surface area contributed by atoms with E-state index in [1.165, 1.54) is 4.90 Å². The molecule has 2 aliphatic heterocycles. The molecule has 0 aliphatic carbocycles. The number of fused-ring (bicyclic) bond motifs is 1. The molecule has 0 radical (unpaired) electrons. The highest BCUT2D eigenvalue weighted by Crippen LogP contribution is 2.33. The van der Waals surface area contributed by atoms with Crippen LogP contribution in [0, 0.1) is 0 Å². The number of piperazine rings is 1. The van der Waals surface area contributed by atoms with E-state index < -0.39 is 23.8 Å². The lowest BCUT2D eigenvalue weighted by Gasteiger charge is -2.43. The van der Waals surface area contributed by atoms with Gasteiger partial charge in [-0.3, -0.25) is 9.69 Å². The molecule has 2 amide bonds. The van der Waals surface area contributed by atoms with Gasteiger partial charge in [0.25, 0.3) is 0 Å². The molecule has 0 saturated carbocycles. The van der Waals surface area contributed by atoms with Crippen molar-refractivity contribution in [3.63, 3.8) is 0 Å². The minimum Gasteiger partial charge on any atom is -0.444 e. The Morgan fingerprint density at radius 3 is 2.59 bits per heavy atom. The second-order valence-electron chi connectivity index (χ2n) is 11.8. The van der Waals surface area contributed by atoms with Gasteiger partial charge in [0.05, 0.1) is 36.1 Å². The number of aliphatic hydroxyl groups excluding tert-OH is 1. The van der Waals surface area contributed by atoms with Crippen molar-refractivity contribution in [2.75, 3.05) is 37.7 Å². The van der Waals surface area contributed by atoms with E-state index in [0.29, 0.717) is 42.6 Å². The molecule has 3 atom stereocenters. The van der Waals surface area contributed by atoms with Gasteiger partial charge in [-0.1, -0.05) is 29.3 Å². The fourth-order valence-corrected chi connectivity index (χ4v) is 6.37. The fourth-order valence-electron chi connectivity index (χ4n) is 5.80. The summed E-state index contributed by atoms with van der Waals surface area (Å²) >= 11 is 12.6. The summed E-state index contributed by atoms with van der Waals surface area (Å²) in [6.07, 6.45) is 2.68. The van der Waals surface area contributed by atoms with Crippen LogP contribution < -0.4 is 4.90 Å². The normalized spacial score (nSPS) is 20.5. The molecule has 220 valence electrons. The topological polar surface area (TPSA) is 91.1 Å². The van der Waals surface area contributed by atoms with Crippen molar-refractivity contribution in [3.8, 4) is 0 Å². The highest BCUT2D eigenvalue weighted by atomic mass is 35.5. The van der Waals surface area contributed by atoms with E-state index in [0.717, 1.165) is 28.7 Å². The van der Waals surface area contributed by atoms with Crippen LogP contribution in [0.25, 0.3) is 11.0 Å². The van der Waals surface area contributed by atoms with Crippen LogP contribution >= 0.6 is 23.2 Å². The van der Waals surface area contributed by atoms with Crippen LogP contribution in [0.3, 0.4) is 0 Å². The van der Waals surface area contributed by atoms with Crippen LogP contribution in [0.5, 0.6) is 0 Å². The first-order valence-corrected chi connectivity index (χ1v) is 14.8. The Bertz CT molecular complexity index is 1440. The minimum absolute atomic E-state index is 0.0704. The van der Waals surface area contributed by atoms with E-state index in [9.17, 15) is 14.7 Å². The summed E-state index contributed by atoms with van der Waals surface area (Å²) in [7, 11) is 0. The van der Waals surface area contributed by atoms with Gasteiger partial charge in [0.1, 0.15) is 11.6 Å².